The summed E-state index contributed by atoms with van der Waals surface area (Å²) in [5.74, 6) is 0.869. The van der Waals surface area contributed by atoms with Crippen LogP contribution in [0, 0.1) is 6.92 Å². The smallest absolute Gasteiger partial charge is 0.255 e. The minimum absolute atomic E-state index is 0.211. The molecule has 4 nitrogen and oxygen atoms in total. The van der Waals surface area contributed by atoms with Gasteiger partial charge in [0.2, 0.25) is 0 Å². The number of rotatable bonds is 7. The van der Waals surface area contributed by atoms with Gasteiger partial charge in [-0.15, -0.1) is 0 Å². The minimum atomic E-state index is 0.211. The minimum Gasteiger partial charge on any atom is -0.440 e. The molecular weight excluding hydrogens is 212 g/mol. The van der Waals surface area contributed by atoms with E-state index >= 15 is 0 Å². The number of aliphatic hydroxyl groups excluding tert-OH is 1. The molecule has 2 N–H and O–H groups in total. The van der Waals surface area contributed by atoms with E-state index in [9.17, 15) is 0 Å². The molecular formula is C10H18N2O2S. The van der Waals surface area contributed by atoms with Crippen molar-refractivity contribution in [3.05, 3.63) is 12.0 Å². The number of hydrogen-bond donors (Lipinski definition) is 2. The molecule has 1 heterocycles. The van der Waals surface area contributed by atoms with Crippen LogP contribution < -0.4 is 5.32 Å². The summed E-state index contributed by atoms with van der Waals surface area (Å²) in [7, 11) is 0. The zero-order chi connectivity index (χ0) is 11.1. The maximum absolute atomic E-state index is 8.88. The standard InChI is InChI=1S/C10H18N2O2S/c1-3-11-9(4-5-13)7-15-10-12-8(2)6-14-10/h6,9,11,13H,3-5,7H2,1-2H3. The summed E-state index contributed by atoms with van der Waals surface area (Å²) in [6.07, 6.45) is 2.41. The van der Waals surface area contributed by atoms with Gasteiger partial charge >= 0.3 is 0 Å². The van der Waals surface area contributed by atoms with Crippen LogP contribution in [0.5, 0.6) is 0 Å². The van der Waals surface area contributed by atoms with Gasteiger partial charge in [0, 0.05) is 18.4 Å². The van der Waals surface area contributed by atoms with Crippen molar-refractivity contribution in [1.82, 2.24) is 10.3 Å². The number of nitrogens with zero attached hydrogens (tertiary/aromatic N) is 1. The largest absolute Gasteiger partial charge is 0.440 e. The first-order valence-corrected chi connectivity index (χ1v) is 6.14. The third-order valence-electron chi connectivity index (χ3n) is 1.98. The molecule has 0 aromatic carbocycles. The van der Waals surface area contributed by atoms with Gasteiger partial charge in [0.1, 0.15) is 6.26 Å². The van der Waals surface area contributed by atoms with E-state index in [1.165, 1.54) is 0 Å². The Morgan fingerprint density at radius 3 is 3.00 bits per heavy atom. The van der Waals surface area contributed by atoms with Crippen LogP contribution in [-0.4, -0.2) is 35.0 Å². The summed E-state index contributed by atoms with van der Waals surface area (Å²) in [4.78, 5) is 4.21. The Kier molecular flexibility index (Phi) is 5.75. The van der Waals surface area contributed by atoms with Gasteiger partial charge in [-0.1, -0.05) is 18.7 Å². The maximum atomic E-state index is 8.88. The summed E-state index contributed by atoms with van der Waals surface area (Å²) in [5.41, 5.74) is 0.902. The zero-order valence-electron chi connectivity index (χ0n) is 9.19. The summed E-state index contributed by atoms with van der Waals surface area (Å²) in [6.45, 7) is 5.09. The van der Waals surface area contributed by atoms with Gasteiger partial charge < -0.3 is 14.8 Å². The van der Waals surface area contributed by atoms with E-state index in [4.69, 9.17) is 9.52 Å². The molecule has 1 atom stereocenters. The molecule has 0 aliphatic heterocycles. The van der Waals surface area contributed by atoms with Crippen molar-refractivity contribution < 1.29 is 9.52 Å². The van der Waals surface area contributed by atoms with Crippen LogP contribution in [0.25, 0.3) is 0 Å². The fraction of sp³-hybridized carbons (Fsp3) is 0.700. The van der Waals surface area contributed by atoms with Gasteiger partial charge in [-0.05, 0) is 19.9 Å². The SMILES string of the molecule is CCNC(CCO)CSc1nc(C)co1. The molecule has 15 heavy (non-hydrogen) atoms. The van der Waals surface area contributed by atoms with Crippen LogP contribution in [0.15, 0.2) is 15.9 Å². The van der Waals surface area contributed by atoms with Gasteiger partial charge in [0.25, 0.3) is 5.22 Å². The third-order valence-corrected chi connectivity index (χ3v) is 2.98. The topological polar surface area (TPSA) is 58.3 Å². The second-order valence-corrected chi connectivity index (χ2v) is 4.30. The maximum Gasteiger partial charge on any atom is 0.255 e. The van der Waals surface area contributed by atoms with Crippen LogP contribution in [0.2, 0.25) is 0 Å². The molecule has 0 aliphatic carbocycles. The van der Waals surface area contributed by atoms with Crippen molar-refractivity contribution in [3.8, 4) is 0 Å². The highest BCUT2D eigenvalue weighted by molar-refractivity contribution is 7.99. The Hall–Kier alpha value is -0.520. The fourth-order valence-corrected chi connectivity index (χ4v) is 2.21. The molecule has 1 aromatic rings. The highest BCUT2D eigenvalue weighted by Gasteiger charge is 2.09. The number of hydrogen-bond acceptors (Lipinski definition) is 5. The van der Waals surface area contributed by atoms with Crippen LogP contribution in [-0.2, 0) is 0 Å². The first-order valence-electron chi connectivity index (χ1n) is 5.15. The Bertz CT molecular complexity index is 272. The molecule has 0 radical (unpaired) electrons. The van der Waals surface area contributed by atoms with E-state index in [0.717, 1.165) is 24.4 Å². The molecule has 1 aromatic heterocycles. The lowest BCUT2D eigenvalue weighted by atomic mass is 10.2. The van der Waals surface area contributed by atoms with Gasteiger partial charge in [-0.25, -0.2) is 4.98 Å². The van der Waals surface area contributed by atoms with E-state index in [2.05, 4.69) is 17.2 Å². The molecule has 1 unspecified atom stereocenters. The van der Waals surface area contributed by atoms with E-state index in [-0.39, 0.29) is 6.61 Å². The third kappa shape index (κ3) is 4.68. The molecule has 0 aliphatic rings. The Morgan fingerprint density at radius 1 is 1.67 bits per heavy atom. The molecule has 0 fully saturated rings. The summed E-state index contributed by atoms with van der Waals surface area (Å²) in [5, 5.41) is 12.9. The predicted molar refractivity (Wildman–Crippen MR) is 61.1 cm³/mol. The number of aliphatic hydroxyl groups is 1. The van der Waals surface area contributed by atoms with Crippen LogP contribution in [0.4, 0.5) is 0 Å². The lowest BCUT2D eigenvalue weighted by Crippen LogP contribution is -2.32. The number of oxazole rings is 1. The number of nitrogens with one attached hydrogen (secondary N) is 1. The van der Waals surface area contributed by atoms with Crippen molar-refractivity contribution in [3.63, 3.8) is 0 Å². The van der Waals surface area contributed by atoms with Gasteiger partial charge in [0.05, 0.1) is 5.69 Å². The molecule has 1 rings (SSSR count). The van der Waals surface area contributed by atoms with Crippen molar-refractivity contribution >= 4 is 11.8 Å². The number of aromatic nitrogens is 1. The quantitative estimate of drug-likeness (QED) is 0.694. The number of aryl methyl sites for hydroxylation is 1. The Labute approximate surface area is 94.5 Å². The molecule has 0 saturated heterocycles. The molecule has 0 amide bonds. The van der Waals surface area contributed by atoms with Crippen LogP contribution >= 0.6 is 11.8 Å². The van der Waals surface area contributed by atoms with Crippen molar-refractivity contribution in [2.24, 2.45) is 0 Å². The first-order chi connectivity index (χ1) is 7.26. The molecule has 5 heteroatoms. The highest BCUT2D eigenvalue weighted by Crippen LogP contribution is 2.18. The monoisotopic (exact) mass is 230 g/mol. The number of thioether (sulfide) groups is 1. The first kappa shape index (κ1) is 12.5. The Balaban J connectivity index is 2.32. The second-order valence-electron chi connectivity index (χ2n) is 3.33. The molecule has 0 spiro atoms. The average Bonchev–Trinajstić information content (AvgIpc) is 2.61. The van der Waals surface area contributed by atoms with Gasteiger partial charge in [-0.2, -0.15) is 0 Å². The highest BCUT2D eigenvalue weighted by atomic mass is 32.2. The second kappa shape index (κ2) is 6.87. The average molecular weight is 230 g/mol. The van der Waals surface area contributed by atoms with Gasteiger partial charge in [0.15, 0.2) is 0 Å². The molecule has 0 bridgehead atoms. The zero-order valence-corrected chi connectivity index (χ0v) is 10.0. The van der Waals surface area contributed by atoms with Crippen LogP contribution in [0.3, 0.4) is 0 Å². The molecule has 86 valence electrons. The summed E-state index contributed by atoms with van der Waals surface area (Å²) >= 11 is 1.58. The van der Waals surface area contributed by atoms with Crippen molar-refractivity contribution in [2.45, 2.75) is 31.5 Å². The normalized spacial score (nSPS) is 13.0. The lowest BCUT2D eigenvalue weighted by molar-refractivity contribution is 0.271. The van der Waals surface area contributed by atoms with Crippen molar-refractivity contribution in [2.75, 3.05) is 18.9 Å². The summed E-state index contributed by atoms with van der Waals surface area (Å²) in [6, 6.07) is 0.317. The lowest BCUT2D eigenvalue weighted by Gasteiger charge is -2.14. The van der Waals surface area contributed by atoms with Crippen LogP contribution in [0.1, 0.15) is 19.0 Å². The Morgan fingerprint density at radius 2 is 2.47 bits per heavy atom. The van der Waals surface area contributed by atoms with E-state index in [0.29, 0.717) is 11.3 Å². The molecule has 0 saturated carbocycles. The van der Waals surface area contributed by atoms with Crippen molar-refractivity contribution in [1.29, 1.82) is 0 Å². The summed E-state index contributed by atoms with van der Waals surface area (Å²) < 4.78 is 5.23. The van der Waals surface area contributed by atoms with E-state index in [1.807, 2.05) is 6.92 Å². The van der Waals surface area contributed by atoms with Gasteiger partial charge in [-0.3, -0.25) is 0 Å². The predicted octanol–water partition coefficient (Wildman–Crippen LogP) is 1.44. The van der Waals surface area contributed by atoms with E-state index < -0.39 is 0 Å². The fourth-order valence-electron chi connectivity index (χ4n) is 1.26. The van der Waals surface area contributed by atoms with E-state index in [1.54, 1.807) is 18.0 Å².